The summed E-state index contributed by atoms with van der Waals surface area (Å²) in [6.45, 7) is 0.204. The highest BCUT2D eigenvalue weighted by Gasteiger charge is 2.21. The van der Waals surface area contributed by atoms with Gasteiger partial charge in [0.1, 0.15) is 0 Å². The van der Waals surface area contributed by atoms with Crippen molar-refractivity contribution in [1.29, 1.82) is 0 Å². The zero-order chi connectivity index (χ0) is 20.9. The molecule has 2 aliphatic rings. The van der Waals surface area contributed by atoms with Crippen molar-refractivity contribution >= 4 is 23.4 Å². The predicted molar refractivity (Wildman–Crippen MR) is 113 cm³/mol. The van der Waals surface area contributed by atoms with E-state index in [0.29, 0.717) is 29.4 Å². The van der Waals surface area contributed by atoms with Crippen LogP contribution in [0.25, 0.3) is 0 Å². The van der Waals surface area contributed by atoms with E-state index in [1.807, 2.05) is 48.6 Å². The lowest BCUT2D eigenvalue weighted by molar-refractivity contribution is -0.127. The highest BCUT2D eigenvalue weighted by molar-refractivity contribution is 6.30. The summed E-state index contributed by atoms with van der Waals surface area (Å²) in [6.07, 6.45) is 5.56. The number of hydrogen-bond acceptors (Lipinski definition) is 4. The Morgan fingerprint density at radius 1 is 0.800 bits per heavy atom. The van der Waals surface area contributed by atoms with Gasteiger partial charge in [0, 0.05) is 17.9 Å². The molecule has 0 bridgehead atoms. The minimum atomic E-state index is -0.213. The first-order valence-electron chi connectivity index (χ1n) is 9.97. The molecule has 2 aliphatic heterocycles. The summed E-state index contributed by atoms with van der Waals surface area (Å²) in [6, 6.07) is 12.7. The number of rotatable bonds is 2. The van der Waals surface area contributed by atoms with E-state index in [2.05, 4.69) is 10.6 Å². The third-order valence-corrected chi connectivity index (χ3v) is 5.44. The molecule has 0 fully saturated rings. The Bertz CT molecular complexity index is 975. The Morgan fingerprint density at radius 2 is 1.43 bits per heavy atom. The number of hydrogen-bond donors (Lipinski definition) is 2. The number of carbonyl (C=O) groups is 2. The summed E-state index contributed by atoms with van der Waals surface area (Å²) in [7, 11) is 0. The highest BCUT2D eigenvalue weighted by atomic mass is 35.5. The third kappa shape index (κ3) is 4.94. The lowest BCUT2D eigenvalue weighted by Gasteiger charge is -2.21. The van der Waals surface area contributed by atoms with Crippen LogP contribution >= 0.6 is 11.6 Å². The zero-order valence-electron chi connectivity index (χ0n) is 16.4. The van der Waals surface area contributed by atoms with E-state index >= 15 is 0 Å². The van der Waals surface area contributed by atoms with Crippen LogP contribution in [0.4, 0.5) is 0 Å². The molecule has 7 heteroatoms. The summed E-state index contributed by atoms with van der Waals surface area (Å²) in [5, 5.41) is 6.66. The van der Waals surface area contributed by atoms with Crippen molar-refractivity contribution in [2.75, 3.05) is 6.79 Å². The average molecular weight is 427 g/mol. The number of nitrogens with one attached hydrogen (secondary N) is 2. The SMILES string of the molecule is O=C1CCC(=O)N[C@@H](c2ccc3c(c2)OCO3)C/C=C\C[C@H](c2cccc(Cl)c2)N1. The molecular formula is C23H23ClN2O4. The van der Waals surface area contributed by atoms with Gasteiger partial charge in [-0.15, -0.1) is 0 Å². The van der Waals surface area contributed by atoms with Gasteiger partial charge >= 0.3 is 0 Å². The molecule has 0 saturated heterocycles. The maximum atomic E-state index is 12.5. The molecule has 0 radical (unpaired) electrons. The Hall–Kier alpha value is -2.99. The molecule has 0 aromatic heterocycles. The normalized spacial score (nSPS) is 23.0. The number of halogens is 1. The monoisotopic (exact) mass is 426 g/mol. The van der Waals surface area contributed by atoms with Gasteiger partial charge in [0.15, 0.2) is 11.5 Å². The molecule has 0 unspecified atom stereocenters. The van der Waals surface area contributed by atoms with Crippen molar-refractivity contribution in [2.24, 2.45) is 0 Å². The van der Waals surface area contributed by atoms with Crippen molar-refractivity contribution in [3.8, 4) is 11.5 Å². The topological polar surface area (TPSA) is 76.7 Å². The Kier molecular flexibility index (Phi) is 6.23. The van der Waals surface area contributed by atoms with Gasteiger partial charge in [0.05, 0.1) is 12.1 Å². The van der Waals surface area contributed by atoms with E-state index in [0.717, 1.165) is 11.1 Å². The number of ether oxygens (including phenoxy) is 2. The zero-order valence-corrected chi connectivity index (χ0v) is 17.2. The molecule has 0 aliphatic carbocycles. The van der Waals surface area contributed by atoms with Crippen molar-refractivity contribution in [2.45, 2.75) is 37.8 Å². The quantitative estimate of drug-likeness (QED) is 0.705. The fraction of sp³-hybridized carbons (Fsp3) is 0.304. The van der Waals surface area contributed by atoms with Crippen molar-refractivity contribution < 1.29 is 19.1 Å². The molecule has 2 aromatic rings. The minimum Gasteiger partial charge on any atom is -0.454 e. The molecule has 6 nitrogen and oxygen atoms in total. The first-order valence-corrected chi connectivity index (χ1v) is 10.3. The Balaban J connectivity index is 1.55. The van der Waals surface area contributed by atoms with E-state index in [1.165, 1.54) is 0 Å². The third-order valence-electron chi connectivity index (χ3n) is 5.21. The van der Waals surface area contributed by atoms with Gasteiger partial charge in [-0.3, -0.25) is 9.59 Å². The second-order valence-corrected chi connectivity index (χ2v) is 7.79. The molecule has 2 N–H and O–H groups in total. The van der Waals surface area contributed by atoms with Gasteiger partial charge in [0.25, 0.3) is 0 Å². The standard InChI is InChI=1S/C23H23ClN2O4/c24-17-5-3-4-15(12-17)18-6-1-2-7-19(26-23(28)11-10-22(27)25-18)16-8-9-20-21(13-16)30-14-29-20/h1-5,8-9,12-13,18-19H,6-7,10-11,14H2,(H,25,27)(H,26,28)/b2-1-/t18-,19-/m1/s1. The lowest BCUT2D eigenvalue weighted by Crippen LogP contribution is -2.32. The van der Waals surface area contributed by atoms with Gasteiger partial charge in [-0.25, -0.2) is 0 Å². The molecule has 4 rings (SSSR count). The number of benzene rings is 2. The molecule has 156 valence electrons. The predicted octanol–water partition coefficient (Wildman–Crippen LogP) is 4.21. The molecule has 0 spiro atoms. The molecule has 30 heavy (non-hydrogen) atoms. The molecule has 2 aromatic carbocycles. The van der Waals surface area contributed by atoms with Crippen LogP contribution in [-0.4, -0.2) is 18.6 Å². The summed E-state index contributed by atoms with van der Waals surface area (Å²) >= 11 is 6.12. The largest absolute Gasteiger partial charge is 0.454 e. The van der Waals surface area contributed by atoms with Crippen LogP contribution in [0.15, 0.2) is 54.6 Å². The fourth-order valence-corrected chi connectivity index (χ4v) is 3.83. The van der Waals surface area contributed by atoms with E-state index < -0.39 is 0 Å². The Morgan fingerprint density at radius 3 is 2.10 bits per heavy atom. The van der Waals surface area contributed by atoms with E-state index in [-0.39, 0.29) is 43.5 Å². The Labute approximate surface area is 180 Å². The van der Waals surface area contributed by atoms with Crippen LogP contribution in [0, 0.1) is 0 Å². The minimum absolute atomic E-state index is 0.124. The molecule has 2 heterocycles. The number of amides is 2. The van der Waals surface area contributed by atoms with Gasteiger partial charge < -0.3 is 20.1 Å². The average Bonchev–Trinajstić information content (AvgIpc) is 3.20. The maximum Gasteiger partial charge on any atom is 0.231 e. The molecule has 2 amide bonds. The summed E-state index contributed by atoms with van der Waals surface area (Å²) in [5.41, 5.74) is 1.87. The van der Waals surface area contributed by atoms with Crippen LogP contribution in [0.1, 0.15) is 48.9 Å². The first-order chi connectivity index (χ1) is 14.6. The second kappa shape index (κ2) is 9.22. The summed E-state index contributed by atoms with van der Waals surface area (Å²) < 4.78 is 10.8. The number of fused-ring (bicyclic) bond motifs is 1. The van der Waals surface area contributed by atoms with Gasteiger partial charge in [0.2, 0.25) is 18.6 Å². The van der Waals surface area contributed by atoms with Crippen molar-refractivity contribution in [1.82, 2.24) is 10.6 Å². The first kappa shape index (κ1) is 20.3. The molecular weight excluding hydrogens is 404 g/mol. The van der Waals surface area contributed by atoms with Crippen LogP contribution in [-0.2, 0) is 9.59 Å². The second-order valence-electron chi connectivity index (χ2n) is 7.35. The summed E-state index contributed by atoms with van der Waals surface area (Å²) in [5.74, 6) is 1.05. The smallest absolute Gasteiger partial charge is 0.231 e. The maximum absolute atomic E-state index is 12.5. The van der Waals surface area contributed by atoms with Crippen molar-refractivity contribution in [3.63, 3.8) is 0 Å². The van der Waals surface area contributed by atoms with Crippen LogP contribution in [0.5, 0.6) is 11.5 Å². The van der Waals surface area contributed by atoms with Crippen LogP contribution in [0.3, 0.4) is 0 Å². The molecule has 2 atom stereocenters. The lowest BCUT2D eigenvalue weighted by atomic mass is 9.99. The van der Waals surface area contributed by atoms with Crippen LogP contribution < -0.4 is 20.1 Å². The van der Waals surface area contributed by atoms with E-state index in [9.17, 15) is 9.59 Å². The van der Waals surface area contributed by atoms with Gasteiger partial charge in [-0.2, -0.15) is 0 Å². The highest BCUT2D eigenvalue weighted by Crippen LogP contribution is 2.35. The van der Waals surface area contributed by atoms with E-state index in [4.69, 9.17) is 21.1 Å². The molecule has 0 saturated carbocycles. The van der Waals surface area contributed by atoms with E-state index in [1.54, 1.807) is 6.07 Å². The summed E-state index contributed by atoms with van der Waals surface area (Å²) in [4.78, 5) is 24.9. The van der Waals surface area contributed by atoms with Crippen molar-refractivity contribution in [3.05, 3.63) is 70.8 Å². The van der Waals surface area contributed by atoms with Crippen LogP contribution in [0.2, 0.25) is 5.02 Å². The number of carbonyl (C=O) groups excluding carboxylic acids is 2. The van der Waals surface area contributed by atoms with Gasteiger partial charge in [-0.1, -0.05) is 42.0 Å². The van der Waals surface area contributed by atoms with Gasteiger partial charge in [-0.05, 0) is 48.2 Å². The fourth-order valence-electron chi connectivity index (χ4n) is 3.63.